The van der Waals surface area contributed by atoms with E-state index < -0.39 is 4.92 Å². The number of nitrogens with zero attached hydrogens (tertiary/aromatic N) is 4. The van der Waals surface area contributed by atoms with Gasteiger partial charge in [-0.2, -0.15) is 5.10 Å². The highest BCUT2D eigenvalue weighted by Gasteiger charge is 2.14. The lowest BCUT2D eigenvalue weighted by Gasteiger charge is -2.05. The third kappa shape index (κ3) is 2.82. The summed E-state index contributed by atoms with van der Waals surface area (Å²) in [7, 11) is 1.77. The van der Waals surface area contributed by atoms with Crippen LogP contribution in [0, 0.1) is 10.1 Å². The van der Waals surface area contributed by atoms with Gasteiger partial charge in [0.2, 0.25) is 0 Å². The molecule has 23 heavy (non-hydrogen) atoms. The Bertz CT molecular complexity index is 856. The molecule has 0 aliphatic heterocycles. The average Bonchev–Trinajstić information content (AvgIpc) is 2.96. The van der Waals surface area contributed by atoms with E-state index in [0.29, 0.717) is 17.2 Å². The molecular weight excluding hydrogens is 296 g/mol. The molecule has 116 valence electrons. The molecule has 1 aromatic heterocycles. The van der Waals surface area contributed by atoms with Crippen molar-refractivity contribution >= 4 is 5.69 Å². The van der Waals surface area contributed by atoms with Crippen molar-refractivity contribution in [1.82, 2.24) is 14.8 Å². The van der Waals surface area contributed by atoms with Crippen molar-refractivity contribution in [3.63, 3.8) is 0 Å². The van der Waals surface area contributed by atoms with Crippen molar-refractivity contribution in [2.75, 3.05) is 0 Å². The van der Waals surface area contributed by atoms with Crippen LogP contribution in [0.4, 0.5) is 5.69 Å². The Balaban J connectivity index is 2.02. The summed E-state index contributed by atoms with van der Waals surface area (Å²) >= 11 is 0. The van der Waals surface area contributed by atoms with Gasteiger partial charge in [0.15, 0.2) is 11.6 Å². The minimum atomic E-state index is -0.446. The Morgan fingerprint density at radius 3 is 2.52 bits per heavy atom. The predicted octanol–water partition coefficient (Wildman–Crippen LogP) is 2.55. The maximum Gasteiger partial charge on any atom is 0.269 e. The second-order valence-electron chi connectivity index (χ2n) is 5.00. The topological polar surface area (TPSA) is 94.1 Å². The minimum Gasteiger partial charge on any atom is -0.392 e. The molecule has 0 aliphatic carbocycles. The number of benzene rings is 2. The third-order valence-corrected chi connectivity index (χ3v) is 3.53. The molecular formula is C16H14N4O3. The number of rotatable bonds is 4. The largest absolute Gasteiger partial charge is 0.392 e. The molecule has 7 nitrogen and oxygen atoms in total. The summed E-state index contributed by atoms with van der Waals surface area (Å²) in [6.45, 7) is -0.0874. The summed E-state index contributed by atoms with van der Waals surface area (Å²) in [5, 5.41) is 24.5. The summed E-state index contributed by atoms with van der Waals surface area (Å²) in [4.78, 5) is 14.8. The molecule has 1 N–H and O–H groups in total. The van der Waals surface area contributed by atoms with Crippen molar-refractivity contribution in [2.45, 2.75) is 6.61 Å². The number of aliphatic hydroxyl groups excluding tert-OH is 1. The standard InChI is InChI=1S/C16H14N4O3/c1-19-16(14-5-3-2-4-12(14)10-21)17-15(18-19)11-6-8-13(9-7-11)20(22)23/h2-9,21H,10H2,1H3. The average molecular weight is 310 g/mol. The zero-order chi connectivity index (χ0) is 16.4. The van der Waals surface area contributed by atoms with Crippen LogP contribution >= 0.6 is 0 Å². The fourth-order valence-electron chi connectivity index (χ4n) is 2.35. The fraction of sp³-hybridized carbons (Fsp3) is 0.125. The second-order valence-corrected chi connectivity index (χ2v) is 5.00. The van der Waals surface area contributed by atoms with E-state index in [2.05, 4.69) is 10.1 Å². The molecule has 0 unspecified atom stereocenters. The van der Waals surface area contributed by atoms with Gasteiger partial charge >= 0.3 is 0 Å². The molecule has 0 atom stereocenters. The Kier molecular flexibility index (Phi) is 3.86. The van der Waals surface area contributed by atoms with Crippen molar-refractivity contribution < 1.29 is 10.0 Å². The van der Waals surface area contributed by atoms with E-state index in [-0.39, 0.29) is 12.3 Å². The second kappa shape index (κ2) is 5.98. The lowest BCUT2D eigenvalue weighted by molar-refractivity contribution is -0.384. The summed E-state index contributed by atoms with van der Waals surface area (Å²) in [5.74, 6) is 1.10. The number of aryl methyl sites for hydroxylation is 1. The molecule has 0 bridgehead atoms. The molecule has 3 aromatic rings. The summed E-state index contributed by atoms with van der Waals surface area (Å²) in [6.07, 6.45) is 0. The van der Waals surface area contributed by atoms with E-state index in [9.17, 15) is 15.2 Å². The van der Waals surface area contributed by atoms with Crippen molar-refractivity contribution in [3.05, 3.63) is 64.2 Å². The molecule has 0 aliphatic rings. The number of nitro groups is 1. The molecule has 7 heteroatoms. The monoisotopic (exact) mass is 310 g/mol. The van der Waals surface area contributed by atoms with E-state index in [0.717, 1.165) is 11.1 Å². The zero-order valence-corrected chi connectivity index (χ0v) is 12.4. The maximum atomic E-state index is 10.7. The van der Waals surface area contributed by atoms with Gasteiger partial charge in [-0.25, -0.2) is 9.67 Å². The van der Waals surface area contributed by atoms with Gasteiger partial charge in [0, 0.05) is 30.3 Å². The van der Waals surface area contributed by atoms with Gasteiger partial charge in [-0.3, -0.25) is 10.1 Å². The molecule has 0 spiro atoms. The van der Waals surface area contributed by atoms with Crippen molar-refractivity contribution in [2.24, 2.45) is 7.05 Å². The van der Waals surface area contributed by atoms with Gasteiger partial charge < -0.3 is 5.11 Å². The summed E-state index contributed by atoms with van der Waals surface area (Å²) in [6, 6.07) is 13.5. The Morgan fingerprint density at radius 1 is 1.17 bits per heavy atom. The number of non-ortho nitro benzene ring substituents is 1. The first-order valence-electron chi connectivity index (χ1n) is 6.95. The zero-order valence-electron chi connectivity index (χ0n) is 12.4. The van der Waals surface area contributed by atoms with Gasteiger partial charge in [0.1, 0.15) is 0 Å². The van der Waals surface area contributed by atoms with Crippen LogP contribution in [0.25, 0.3) is 22.8 Å². The third-order valence-electron chi connectivity index (χ3n) is 3.53. The molecule has 0 fully saturated rings. The number of hydrogen-bond donors (Lipinski definition) is 1. The van der Waals surface area contributed by atoms with Crippen molar-refractivity contribution in [1.29, 1.82) is 0 Å². The van der Waals surface area contributed by atoms with E-state index in [1.54, 1.807) is 23.9 Å². The van der Waals surface area contributed by atoms with Gasteiger partial charge in [-0.05, 0) is 17.7 Å². The summed E-state index contributed by atoms with van der Waals surface area (Å²) < 4.78 is 1.63. The Labute approximate surface area is 132 Å². The highest BCUT2D eigenvalue weighted by molar-refractivity contribution is 5.65. The maximum absolute atomic E-state index is 10.7. The lowest BCUT2D eigenvalue weighted by atomic mass is 10.1. The summed E-state index contributed by atoms with van der Waals surface area (Å²) in [5.41, 5.74) is 2.28. The van der Waals surface area contributed by atoms with Crippen LogP contribution in [0.3, 0.4) is 0 Å². The van der Waals surface area contributed by atoms with Crippen LogP contribution in [-0.4, -0.2) is 24.8 Å². The van der Waals surface area contributed by atoms with Crippen LogP contribution in [-0.2, 0) is 13.7 Å². The van der Waals surface area contributed by atoms with E-state index in [4.69, 9.17) is 0 Å². The van der Waals surface area contributed by atoms with Crippen LogP contribution in [0.2, 0.25) is 0 Å². The molecule has 0 saturated carbocycles. The lowest BCUT2D eigenvalue weighted by Crippen LogP contribution is -1.97. The fourth-order valence-corrected chi connectivity index (χ4v) is 2.35. The van der Waals surface area contributed by atoms with Gasteiger partial charge in [-0.1, -0.05) is 24.3 Å². The first-order valence-corrected chi connectivity index (χ1v) is 6.95. The highest BCUT2D eigenvalue weighted by atomic mass is 16.6. The molecule has 0 radical (unpaired) electrons. The highest BCUT2D eigenvalue weighted by Crippen LogP contribution is 2.25. The molecule has 2 aromatic carbocycles. The van der Waals surface area contributed by atoms with E-state index >= 15 is 0 Å². The van der Waals surface area contributed by atoms with Crippen LogP contribution < -0.4 is 0 Å². The van der Waals surface area contributed by atoms with Crippen LogP contribution in [0.15, 0.2) is 48.5 Å². The van der Waals surface area contributed by atoms with E-state index in [1.807, 2.05) is 24.3 Å². The molecule has 1 heterocycles. The minimum absolute atomic E-state index is 0.0236. The van der Waals surface area contributed by atoms with Gasteiger partial charge in [0.05, 0.1) is 11.5 Å². The number of nitro benzene ring substituents is 1. The van der Waals surface area contributed by atoms with Crippen LogP contribution in [0.5, 0.6) is 0 Å². The van der Waals surface area contributed by atoms with Gasteiger partial charge in [0.25, 0.3) is 5.69 Å². The smallest absolute Gasteiger partial charge is 0.269 e. The number of aliphatic hydroxyl groups is 1. The first-order chi connectivity index (χ1) is 11.1. The normalized spacial score (nSPS) is 10.7. The molecule has 3 rings (SSSR count). The SMILES string of the molecule is Cn1nc(-c2ccc([N+](=O)[O-])cc2)nc1-c1ccccc1CO. The first kappa shape index (κ1) is 14.9. The van der Waals surface area contributed by atoms with E-state index in [1.165, 1.54) is 12.1 Å². The van der Waals surface area contributed by atoms with Crippen molar-refractivity contribution in [3.8, 4) is 22.8 Å². The van der Waals surface area contributed by atoms with Gasteiger partial charge in [-0.15, -0.1) is 0 Å². The Morgan fingerprint density at radius 2 is 1.87 bits per heavy atom. The Hall–Kier alpha value is -3.06. The number of aromatic nitrogens is 3. The quantitative estimate of drug-likeness (QED) is 0.590. The predicted molar refractivity (Wildman–Crippen MR) is 84.5 cm³/mol. The van der Waals surface area contributed by atoms with Crippen LogP contribution in [0.1, 0.15) is 5.56 Å². The number of hydrogen-bond acceptors (Lipinski definition) is 5. The molecule has 0 saturated heterocycles. The molecule has 0 amide bonds.